The van der Waals surface area contributed by atoms with Crippen molar-refractivity contribution in [1.29, 1.82) is 0 Å². The maximum Gasteiger partial charge on any atom is 0.418 e. The van der Waals surface area contributed by atoms with Gasteiger partial charge in [0.15, 0.2) is 0 Å². The van der Waals surface area contributed by atoms with Gasteiger partial charge in [0.05, 0.1) is 21.0 Å². The van der Waals surface area contributed by atoms with Crippen LogP contribution < -0.4 is 10.6 Å². The van der Waals surface area contributed by atoms with Crippen LogP contribution in [0.1, 0.15) is 32.3 Å². The second-order valence-corrected chi connectivity index (χ2v) is 8.12. The maximum atomic E-state index is 13.1. The smallest absolute Gasteiger partial charge is 0.398 e. The molecule has 0 fully saturated rings. The van der Waals surface area contributed by atoms with E-state index in [0.29, 0.717) is 24.8 Å². The van der Waals surface area contributed by atoms with Crippen molar-refractivity contribution < 1.29 is 21.6 Å². The van der Waals surface area contributed by atoms with Gasteiger partial charge in [0, 0.05) is 18.8 Å². The molecule has 0 atom stereocenters. The predicted molar refractivity (Wildman–Crippen MR) is 101 cm³/mol. The predicted octanol–water partition coefficient (Wildman–Crippen LogP) is 4.75. The van der Waals surface area contributed by atoms with Crippen molar-refractivity contribution in [3.05, 3.63) is 48.0 Å². The molecule has 0 aliphatic rings. The number of hydrogen-bond donors (Lipinski definition) is 1. The zero-order valence-corrected chi connectivity index (χ0v) is 16.1. The number of rotatable bonds is 7. The standard InChI is InChI=1S/C19H23F3N2O2S/c1-3-11-24(12-4-2)17-7-5-6-8-18(17)27(25,26)14-9-10-16(23)15(13-14)19(20,21)22/h5-10,13H,3-4,11-12,23H2,1-2H3. The molecule has 0 amide bonds. The molecule has 0 saturated heterocycles. The van der Waals surface area contributed by atoms with E-state index in [4.69, 9.17) is 5.73 Å². The third-order valence-electron chi connectivity index (χ3n) is 4.12. The van der Waals surface area contributed by atoms with Crippen molar-refractivity contribution in [2.75, 3.05) is 23.7 Å². The van der Waals surface area contributed by atoms with Gasteiger partial charge in [-0.2, -0.15) is 13.2 Å². The number of sulfone groups is 1. The van der Waals surface area contributed by atoms with E-state index < -0.39 is 32.2 Å². The lowest BCUT2D eigenvalue weighted by Gasteiger charge is -2.26. The summed E-state index contributed by atoms with van der Waals surface area (Å²) in [5.41, 5.74) is 4.23. The highest BCUT2D eigenvalue weighted by atomic mass is 32.2. The van der Waals surface area contributed by atoms with Crippen LogP contribution in [0.15, 0.2) is 52.3 Å². The number of benzene rings is 2. The van der Waals surface area contributed by atoms with Crippen molar-refractivity contribution in [3.8, 4) is 0 Å². The van der Waals surface area contributed by atoms with Gasteiger partial charge in [0.25, 0.3) is 0 Å². The second-order valence-electron chi connectivity index (χ2n) is 6.21. The minimum absolute atomic E-state index is 0.00945. The largest absolute Gasteiger partial charge is 0.418 e. The number of anilines is 2. The Labute approximate surface area is 157 Å². The topological polar surface area (TPSA) is 63.4 Å². The molecule has 0 heterocycles. The third-order valence-corrected chi connectivity index (χ3v) is 5.92. The Morgan fingerprint density at radius 2 is 1.59 bits per heavy atom. The van der Waals surface area contributed by atoms with E-state index in [0.717, 1.165) is 25.0 Å². The average molecular weight is 400 g/mol. The summed E-state index contributed by atoms with van der Waals surface area (Å²) in [6.45, 7) is 5.26. The fourth-order valence-electron chi connectivity index (χ4n) is 2.91. The van der Waals surface area contributed by atoms with Gasteiger partial charge in [-0.3, -0.25) is 0 Å². The molecular formula is C19H23F3N2O2S. The molecule has 2 rings (SSSR count). The fraction of sp³-hybridized carbons (Fsp3) is 0.368. The van der Waals surface area contributed by atoms with Crippen LogP contribution in [-0.4, -0.2) is 21.5 Å². The van der Waals surface area contributed by atoms with Crippen LogP contribution in [-0.2, 0) is 16.0 Å². The first-order valence-electron chi connectivity index (χ1n) is 8.68. The molecule has 2 aromatic carbocycles. The average Bonchev–Trinajstić information content (AvgIpc) is 2.60. The van der Waals surface area contributed by atoms with Crippen LogP contribution in [0.2, 0.25) is 0 Å². The quantitative estimate of drug-likeness (QED) is 0.682. The van der Waals surface area contributed by atoms with Crippen LogP contribution >= 0.6 is 0 Å². The van der Waals surface area contributed by atoms with Gasteiger partial charge in [-0.1, -0.05) is 26.0 Å². The van der Waals surface area contributed by atoms with Gasteiger partial charge < -0.3 is 10.6 Å². The first-order valence-corrected chi connectivity index (χ1v) is 10.2. The maximum absolute atomic E-state index is 13.1. The molecule has 0 aliphatic carbocycles. The minimum Gasteiger partial charge on any atom is -0.398 e. The number of para-hydroxylation sites is 1. The molecule has 148 valence electrons. The van der Waals surface area contributed by atoms with Gasteiger partial charge in [-0.15, -0.1) is 0 Å². The molecule has 0 spiro atoms. The Morgan fingerprint density at radius 1 is 1.00 bits per heavy atom. The van der Waals surface area contributed by atoms with E-state index in [1.165, 1.54) is 6.07 Å². The van der Waals surface area contributed by atoms with E-state index in [1.54, 1.807) is 18.2 Å². The molecule has 27 heavy (non-hydrogen) atoms. The summed E-state index contributed by atoms with van der Waals surface area (Å²) in [4.78, 5) is 1.50. The number of halogens is 3. The van der Waals surface area contributed by atoms with Crippen LogP contribution in [0.5, 0.6) is 0 Å². The lowest BCUT2D eigenvalue weighted by molar-refractivity contribution is -0.137. The lowest BCUT2D eigenvalue weighted by atomic mass is 10.2. The Morgan fingerprint density at radius 3 is 2.15 bits per heavy atom. The zero-order chi connectivity index (χ0) is 20.2. The first-order chi connectivity index (χ1) is 12.6. The highest BCUT2D eigenvalue weighted by Crippen LogP contribution is 2.37. The fourth-order valence-corrected chi connectivity index (χ4v) is 4.42. The van der Waals surface area contributed by atoms with Gasteiger partial charge in [0.1, 0.15) is 0 Å². The van der Waals surface area contributed by atoms with E-state index in [9.17, 15) is 21.6 Å². The van der Waals surface area contributed by atoms with Crippen molar-refractivity contribution in [1.82, 2.24) is 0 Å². The summed E-state index contributed by atoms with van der Waals surface area (Å²) < 4.78 is 65.7. The Bertz CT molecular complexity index is 890. The van der Waals surface area contributed by atoms with Crippen molar-refractivity contribution >= 4 is 21.2 Å². The Balaban J connectivity index is 2.62. The van der Waals surface area contributed by atoms with E-state index in [1.807, 2.05) is 18.7 Å². The molecule has 0 aliphatic heterocycles. The first kappa shape index (κ1) is 21.1. The van der Waals surface area contributed by atoms with E-state index in [-0.39, 0.29) is 4.90 Å². The Kier molecular flexibility index (Phi) is 6.41. The molecular weight excluding hydrogens is 377 g/mol. The summed E-state index contributed by atoms with van der Waals surface area (Å²) >= 11 is 0. The van der Waals surface area contributed by atoms with Gasteiger partial charge in [-0.05, 0) is 43.2 Å². The SMILES string of the molecule is CCCN(CCC)c1ccccc1S(=O)(=O)c1ccc(N)c(C(F)(F)F)c1. The molecule has 0 unspecified atom stereocenters. The number of nitrogens with zero attached hydrogens (tertiary/aromatic N) is 1. The molecule has 0 aromatic heterocycles. The number of nitrogens with two attached hydrogens (primary N) is 1. The Hall–Kier alpha value is -2.22. The summed E-state index contributed by atoms with van der Waals surface area (Å²) in [6.07, 6.45) is -3.10. The second kappa shape index (κ2) is 8.21. The van der Waals surface area contributed by atoms with Crippen LogP contribution in [0.25, 0.3) is 0 Å². The van der Waals surface area contributed by atoms with Crippen molar-refractivity contribution in [2.24, 2.45) is 0 Å². The monoisotopic (exact) mass is 400 g/mol. The molecule has 0 bridgehead atoms. The van der Waals surface area contributed by atoms with Crippen LogP contribution in [0.3, 0.4) is 0 Å². The van der Waals surface area contributed by atoms with Crippen molar-refractivity contribution in [2.45, 2.75) is 42.7 Å². The summed E-state index contributed by atoms with van der Waals surface area (Å²) in [7, 11) is -4.15. The molecule has 2 N–H and O–H groups in total. The van der Waals surface area contributed by atoms with Gasteiger partial charge in [0.2, 0.25) is 9.84 Å². The molecule has 2 aromatic rings. The summed E-state index contributed by atoms with van der Waals surface area (Å²) in [5, 5.41) is 0. The normalized spacial score (nSPS) is 12.2. The summed E-state index contributed by atoms with van der Waals surface area (Å²) in [6, 6.07) is 9.08. The zero-order valence-electron chi connectivity index (χ0n) is 15.3. The molecule has 8 heteroatoms. The number of nitrogen functional groups attached to an aromatic ring is 1. The van der Waals surface area contributed by atoms with Crippen LogP contribution in [0.4, 0.5) is 24.5 Å². The van der Waals surface area contributed by atoms with Gasteiger partial charge >= 0.3 is 6.18 Å². The number of alkyl halides is 3. The third kappa shape index (κ3) is 4.55. The minimum atomic E-state index is -4.73. The van der Waals surface area contributed by atoms with E-state index >= 15 is 0 Å². The molecule has 4 nitrogen and oxygen atoms in total. The lowest BCUT2D eigenvalue weighted by Crippen LogP contribution is -2.26. The molecule has 0 radical (unpaired) electrons. The van der Waals surface area contributed by atoms with Crippen molar-refractivity contribution in [3.63, 3.8) is 0 Å². The number of hydrogen-bond acceptors (Lipinski definition) is 4. The van der Waals surface area contributed by atoms with Crippen LogP contribution in [0, 0.1) is 0 Å². The summed E-state index contributed by atoms with van der Waals surface area (Å²) in [5.74, 6) is 0. The highest BCUT2D eigenvalue weighted by molar-refractivity contribution is 7.91. The molecule has 0 saturated carbocycles. The highest BCUT2D eigenvalue weighted by Gasteiger charge is 2.35. The van der Waals surface area contributed by atoms with Gasteiger partial charge in [-0.25, -0.2) is 8.42 Å². The van der Waals surface area contributed by atoms with E-state index in [2.05, 4.69) is 0 Å².